The van der Waals surface area contributed by atoms with Crippen molar-refractivity contribution in [2.45, 2.75) is 33.0 Å². The number of ether oxygens (including phenoxy) is 3. The number of para-hydroxylation sites is 1. The van der Waals surface area contributed by atoms with E-state index in [9.17, 15) is 9.59 Å². The third-order valence-corrected chi connectivity index (χ3v) is 4.27. The maximum atomic E-state index is 12.2. The second-order valence-corrected chi connectivity index (χ2v) is 6.96. The number of aromatic nitrogens is 2. The molecule has 0 unspecified atom stereocenters. The highest BCUT2D eigenvalue weighted by Crippen LogP contribution is 2.29. The van der Waals surface area contributed by atoms with Crippen LogP contribution in [-0.2, 0) is 9.53 Å². The summed E-state index contributed by atoms with van der Waals surface area (Å²) in [5.41, 5.74) is 1.03. The molecule has 3 aromatic rings. The van der Waals surface area contributed by atoms with Gasteiger partial charge in [0, 0.05) is 6.08 Å². The van der Waals surface area contributed by atoms with E-state index in [0.717, 1.165) is 5.56 Å². The van der Waals surface area contributed by atoms with E-state index in [0.29, 0.717) is 22.4 Å². The van der Waals surface area contributed by atoms with Gasteiger partial charge in [-0.25, -0.2) is 9.78 Å². The van der Waals surface area contributed by atoms with Crippen molar-refractivity contribution in [3.63, 3.8) is 0 Å². The number of hydrogen-bond acceptors (Lipinski definition) is 6. The van der Waals surface area contributed by atoms with Crippen LogP contribution < -0.4 is 15.0 Å². The number of benzene rings is 2. The van der Waals surface area contributed by atoms with E-state index < -0.39 is 12.1 Å². The van der Waals surface area contributed by atoms with Crippen LogP contribution in [0.1, 0.15) is 38.3 Å². The predicted octanol–water partition coefficient (Wildman–Crippen LogP) is 4.04. The van der Waals surface area contributed by atoms with Gasteiger partial charge < -0.3 is 19.2 Å². The molecular weight excluding hydrogens is 384 g/mol. The molecule has 0 saturated heterocycles. The second-order valence-electron chi connectivity index (χ2n) is 6.96. The number of nitrogens with one attached hydrogen (secondary N) is 1. The smallest absolute Gasteiger partial charge is 0.331 e. The Bertz CT molecular complexity index is 1130. The Balaban J connectivity index is 1.70. The van der Waals surface area contributed by atoms with Crippen LogP contribution in [0.4, 0.5) is 0 Å². The Morgan fingerprint density at radius 2 is 1.87 bits per heavy atom. The first-order valence-electron chi connectivity index (χ1n) is 9.59. The van der Waals surface area contributed by atoms with Gasteiger partial charge >= 0.3 is 5.97 Å². The van der Waals surface area contributed by atoms with Gasteiger partial charge in [-0.2, -0.15) is 0 Å². The number of H-pyrrole nitrogens is 1. The molecule has 2 aromatic carbocycles. The summed E-state index contributed by atoms with van der Waals surface area (Å²) in [6, 6.07) is 12.4. The Hall–Kier alpha value is -3.61. The average Bonchev–Trinajstić information content (AvgIpc) is 2.72. The van der Waals surface area contributed by atoms with E-state index in [2.05, 4.69) is 9.97 Å². The molecule has 0 spiro atoms. The zero-order valence-corrected chi connectivity index (χ0v) is 17.3. The topological polar surface area (TPSA) is 90.5 Å². The lowest BCUT2D eigenvalue weighted by Gasteiger charge is -2.14. The summed E-state index contributed by atoms with van der Waals surface area (Å²) in [7, 11) is 1.56. The van der Waals surface area contributed by atoms with Crippen LogP contribution in [0.25, 0.3) is 17.0 Å². The maximum Gasteiger partial charge on any atom is 0.331 e. The van der Waals surface area contributed by atoms with Gasteiger partial charge in [0.25, 0.3) is 5.56 Å². The summed E-state index contributed by atoms with van der Waals surface area (Å²) < 4.78 is 16.4. The molecule has 1 aromatic heterocycles. The molecule has 3 rings (SSSR count). The van der Waals surface area contributed by atoms with E-state index in [-0.39, 0.29) is 17.5 Å². The minimum Gasteiger partial charge on any atom is -0.493 e. The number of rotatable bonds is 7. The fourth-order valence-corrected chi connectivity index (χ4v) is 2.87. The largest absolute Gasteiger partial charge is 0.493 e. The minimum atomic E-state index is -0.712. The van der Waals surface area contributed by atoms with Gasteiger partial charge in [-0.15, -0.1) is 0 Å². The quantitative estimate of drug-likeness (QED) is 0.469. The van der Waals surface area contributed by atoms with Crippen LogP contribution in [-0.4, -0.2) is 29.2 Å². The van der Waals surface area contributed by atoms with Gasteiger partial charge in [0.2, 0.25) is 0 Å². The second kappa shape index (κ2) is 9.26. The summed E-state index contributed by atoms with van der Waals surface area (Å²) in [4.78, 5) is 31.5. The van der Waals surface area contributed by atoms with Crippen molar-refractivity contribution in [1.82, 2.24) is 9.97 Å². The van der Waals surface area contributed by atoms with Crippen LogP contribution in [0, 0.1) is 0 Å². The summed E-state index contributed by atoms with van der Waals surface area (Å²) in [5, 5.41) is 0.485. The fourth-order valence-electron chi connectivity index (χ4n) is 2.87. The molecule has 0 aliphatic carbocycles. The van der Waals surface area contributed by atoms with Crippen molar-refractivity contribution < 1.29 is 19.0 Å². The third-order valence-electron chi connectivity index (χ3n) is 4.27. The molecule has 0 aliphatic heterocycles. The first kappa shape index (κ1) is 21.1. The van der Waals surface area contributed by atoms with Gasteiger partial charge in [0.1, 0.15) is 0 Å². The number of aromatic amines is 1. The number of fused-ring (bicyclic) bond motifs is 1. The maximum absolute atomic E-state index is 12.2. The SMILES string of the molecule is COc1cc(/C=C/C(=O)O[C@H](C)c2nc3ccccc3c(=O)[nH]2)ccc1OC(C)C. The van der Waals surface area contributed by atoms with E-state index in [1.807, 2.05) is 19.9 Å². The first-order chi connectivity index (χ1) is 14.4. The highest BCUT2D eigenvalue weighted by atomic mass is 16.5. The van der Waals surface area contributed by atoms with Crippen LogP contribution >= 0.6 is 0 Å². The molecule has 1 N–H and O–H groups in total. The molecule has 0 radical (unpaired) electrons. The summed E-state index contributed by atoms with van der Waals surface area (Å²) >= 11 is 0. The molecule has 0 fully saturated rings. The Kier molecular flexibility index (Phi) is 6.51. The number of esters is 1. The number of hydrogen-bond donors (Lipinski definition) is 1. The molecule has 0 bridgehead atoms. The standard InChI is InChI=1S/C23H24N2O5/c1-14(2)29-19-11-9-16(13-20(19)28-4)10-12-21(26)30-15(3)22-24-18-8-6-5-7-17(18)23(27)25-22/h5-15H,1-4H3,(H,24,25,27)/b12-10+/t15-/m1/s1. The number of carbonyl (C=O) groups is 1. The van der Waals surface area contributed by atoms with Crippen molar-refractivity contribution in [3.05, 3.63) is 70.3 Å². The average molecular weight is 408 g/mol. The van der Waals surface area contributed by atoms with E-state index >= 15 is 0 Å². The summed E-state index contributed by atoms with van der Waals surface area (Å²) in [5.74, 6) is 0.940. The Morgan fingerprint density at radius 3 is 2.60 bits per heavy atom. The molecule has 0 saturated carbocycles. The van der Waals surface area contributed by atoms with E-state index in [4.69, 9.17) is 14.2 Å². The van der Waals surface area contributed by atoms with Crippen LogP contribution in [0.15, 0.2) is 53.3 Å². The molecule has 156 valence electrons. The lowest BCUT2D eigenvalue weighted by atomic mass is 10.2. The number of methoxy groups -OCH3 is 1. The van der Waals surface area contributed by atoms with E-state index in [1.54, 1.807) is 56.5 Å². The van der Waals surface area contributed by atoms with Gasteiger partial charge in [-0.1, -0.05) is 18.2 Å². The highest BCUT2D eigenvalue weighted by Gasteiger charge is 2.14. The Labute approximate surface area is 174 Å². The molecule has 1 atom stereocenters. The third kappa shape index (κ3) is 5.05. The molecule has 7 heteroatoms. The molecule has 1 heterocycles. The number of nitrogens with zero attached hydrogens (tertiary/aromatic N) is 1. The van der Waals surface area contributed by atoms with Crippen molar-refractivity contribution in [3.8, 4) is 11.5 Å². The van der Waals surface area contributed by atoms with Crippen molar-refractivity contribution in [2.24, 2.45) is 0 Å². The summed E-state index contributed by atoms with van der Waals surface area (Å²) in [6.07, 6.45) is 2.24. The van der Waals surface area contributed by atoms with Gasteiger partial charge in [-0.05, 0) is 56.7 Å². The van der Waals surface area contributed by atoms with Crippen LogP contribution in [0.5, 0.6) is 11.5 Å². The van der Waals surface area contributed by atoms with Gasteiger partial charge in [0.05, 0.1) is 24.1 Å². The zero-order valence-electron chi connectivity index (χ0n) is 17.3. The normalized spacial score (nSPS) is 12.3. The molecule has 0 aliphatic rings. The predicted molar refractivity (Wildman–Crippen MR) is 115 cm³/mol. The lowest BCUT2D eigenvalue weighted by molar-refractivity contribution is -0.142. The first-order valence-corrected chi connectivity index (χ1v) is 9.59. The number of carbonyl (C=O) groups excluding carboxylic acids is 1. The lowest BCUT2D eigenvalue weighted by Crippen LogP contribution is -2.16. The molecule has 7 nitrogen and oxygen atoms in total. The van der Waals surface area contributed by atoms with Crippen molar-refractivity contribution in [2.75, 3.05) is 7.11 Å². The van der Waals surface area contributed by atoms with Crippen LogP contribution in [0.3, 0.4) is 0 Å². The highest BCUT2D eigenvalue weighted by molar-refractivity contribution is 5.87. The fraction of sp³-hybridized carbons (Fsp3) is 0.261. The van der Waals surface area contributed by atoms with Gasteiger partial charge in [-0.3, -0.25) is 4.79 Å². The monoisotopic (exact) mass is 408 g/mol. The Morgan fingerprint density at radius 1 is 1.10 bits per heavy atom. The zero-order chi connectivity index (χ0) is 21.7. The minimum absolute atomic E-state index is 0.0203. The van der Waals surface area contributed by atoms with Crippen LogP contribution in [0.2, 0.25) is 0 Å². The molecule has 30 heavy (non-hydrogen) atoms. The molecule has 0 amide bonds. The van der Waals surface area contributed by atoms with E-state index in [1.165, 1.54) is 6.08 Å². The summed E-state index contributed by atoms with van der Waals surface area (Å²) in [6.45, 7) is 5.52. The van der Waals surface area contributed by atoms with Crippen molar-refractivity contribution in [1.29, 1.82) is 0 Å². The van der Waals surface area contributed by atoms with Gasteiger partial charge in [0.15, 0.2) is 23.4 Å². The van der Waals surface area contributed by atoms with Crippen molar-refractivity contribution >= 4 is 22.9 Å². The molecular formula is C23H24N2O5.